The summed E-state index contributed by atoms with van der Waals surface area (Å²) in [5.41, 5.74) is 0.542. The lowest BCUT2D eigenvalue weighted by Gasteiger charge is -2.10. The van der Waals surface area contributed by atoms with E-state index in [1.54, 1.807) is 22.6 Å². The molecule has 1 aromatic rings. The van der Waals surface area contributed by atoms with Crippen LogP contribution in [-0.4, -0.2) is 27.1 Å². The van der Waals surface area contributed by atoms with E-state index in [4.69, 9.17) is 11.6 Å². The number of halogens is 1. The van der Waals surface area contributed by atoms with Gasteiger partial charge in [0.1, 0.15) is 5.69 Å². The number of hydrogen-bond donors (Lipinski definition) is 0. The van der Waals surface area contributed by atoms with Crippen molar-refractivity contribution in [3.8, 4) is 0 Å². The second-order valence-corrected chi connectivity index (χ2v) is 5.37. The van der Waals surface area contributed by atoms with Crippen LogP contribution in [0.25, 0.3) is 0 Å². The zero-order valence-electron chi connectivity index (χ0n) is 9.86. The molecule has 5 heteroatoms. The van der Waals surface area contributed by atoms with Gasteiger partial charge in [-0.25, -0.2) is 0 Å². The molecule has 0 bridgehead atoms. The van der Waals surface area contributed by atoms with E-state index in [9.17, 15) is 4.79 Å². The molecule has 0 saturated heterocycles. The molecule has 1 rings (SSSR count). The van der Waals surface area contributed by atoms with Gasteiger partial charge in [-0.1, -0.05) is 18.5 Å². The maximum absolute atomic E-state index is 12.0. The molecular weight excluding hydrogens is 244 g/mol. The molecule has 1 heterocycles. The quantitative estimate of drug-likeness (QED) is 0.581. The zero-order chi connectivity index (χ0) is 12.1. The van der Waals surface area contributed by atoms with Crippen molar-refractivity contribution in [3.05, 3.63) is 16.9 Å². The van der Waals surface area contributed by atoms with E-state index < -0.39 is 0 Å². The average Bonchev–Trinajstić information content (AvgIpc) is 2.60. The summed E-state index contributed by atoms with van der Waals surface area (Å²) in [6.07, 6.45) is 2.62. The molecule has 0 spiro atoms. The number of nitrogens with zero attached hydrogens (tertiary/aromatic N) is 2. The molecule has 90 valence electrons. The molecule has 0 fully saturated rings. The SMILES string of the molecule is CCCSCC(=O)c1c(Cl)cnn1C(C)C. The Morgan fingerprint density at radius 2 is 2.31 bits per heavy atom. The van der Waals surface area contributed by atoms with Crippen LogP contribution in [0.4, 0.5) is 0 Å². The fourth-order valence-corrected chi connectivity index (χ4v) is 2.36. The molecule has 0 N–H and O–H groups in total. The largest absolute Gasteiger partial charge is 0.291 e. The average molecular weight is 261 g/mol. The molecule has 16 heavy (non-hydrogen) atoms. The highest BCUT2D eigenvalue weighted by atomic mass is 35.5. The van der Waals surface area contributed by atoms with E-state index in [1.807, 2.05) is 13.8 Å². The van der Waals surface area contributed by atoms with E-state index in [0.29, 0.717) is 16.5 Å². The number of rotatable bonds is 6. The van der Waals surface area contributed by atoms with Gasteiger partial charge < -0.3 is 0 Å². The highest BCUT2D eigenvalue weighted by molar-refractivity contribution is 7.99. The second kappa shape index (κ2) is 6.30. The maximum Gasteiger partial charge on any atom is 0.192 e. The first-order chi connectivity index (χ1) is 7.57. The van der Waals surface area contributed by atoms with E-state index in [1.165, 1.54) is 0 Å². The lowest BCUT2D eigenvalue weighted by Crippen LogP contribution is -2.14. The van der Waals surface area contributed by atoms with Gasteiger partial charge in [-0.2, -0.15) is 16.9 Å². The normalized spacial score (nSPS) is 11.1. The molecule has 0 amide bonds. The van der Waals surface area contributed by atoms with Gasteiger partial charge >= 0.3 is 0 Å². The molecule has 0 aliphatic carbocycles. The van der Waals surface area contributed by atoms with Crippen molar-refractivity contribution >= 4 is 29.1 Å². The fourth-order valence-electron chi connectivity index (χ4n) is 1.37. The Morgan fingerprint density at radius 3 is 2.88 bits per heavy atom. The number of hydrogen-bond acceptors (Lipinski definition) is 3. The van der Waals surface area contributed by atoms with Crippen LogP contribution in [0.5, 0.6) is 0 Å². The Bertz CT molecular complexity index is 363. The summed E-state index contributed by atoms with van der Waals surface area (Å²) >= 11 is 7.62. The first-order valence-electron chi connectivity index (χ1n) is 5.41. The minimum Gasteiger partial charge on any atom is -0.291 e. The Labute approximate surface area is 106 Å². The van der Waals surface area contributed by atoms with Crippen LogP contribution in [0, 0.1) is 0 Å². The Hall–Kier alpha value is -0.480. The molecular formula is C11H17ClN2OS. The van der Waals surface area contributed by atoms with Gasteiger partial charge in [0.2, 0.25) is 0 Å². The maximum atomic E-state index is 12.0. The van der Waals surface area contributed by atoms with Crippen molar-refractivity contribution in [2.75, 3.05) is 11.5 Å². The first-order valence-corrected chi connectivity index (χ1v) is 6.95. The highest BCUT2D eigenvalue weighted by Crippen LogP contribution is 2.20. The number of ketones is 1. The van der Waals surface area contributed by atoms with Crippen LogP contribution in [-0.2, 0) is 0 Å². The summed E-state index contributed by atoms with van der Waals surface area (Å²) in [5, 5.41) is 4.57. The third-order valence-electron chi connectivity index (χ3n) is 2.09. The predicted molar refractivity (Wildman–Crippen MR) is 69.6 cm³/mol. The van der Waals surface area contributed by atoms with Crippen molar-refractivity contribution in [1.82, 2.24) is 9.78 Å². The number of aromatic nitrogens is 2. The van der Waals surface area contributed by atoms with Crippen LogP contribution < -0.4 is 0 Å². The van der Waals surface area contributed by atoms with Crippen molar-refractivity contribution in [1.29, 1.82) is 0 Å². The van der Waals surface area contributed by atoms with E-state index in [2.05, 4.69) is 12.0 Å². The van der Waals surface area contributed by atoms with Gasteiger partial charge in [0, 0.05) is 6.04 Å². The summed E-state index contributed by atoms with van der Waals surface area (Å²) in [7, 11) is 0. The summed E-state index contributed by atoms with van der Waals surface area (Å²) in [4.78, 5) is 12.0. The summed E-state index contributed by atoms with van der Waals surface area (Å²) < 4.78 is 1.69. The third-order valence-corrected chi connectivity index (χ3v) is 3.53. The topological polar surface area (TPSA) is 34.9 Å². The van der Waals surface area contributed by atoms with Crippen LogP contribution in [0.15, 0.2) is 6.20 Å². The fraction of sp³-hybridized carbons (Fsp3) is 0.636. The number of carbonyl (C=O) groups is 1. The van der Waals surface area contributed by atoms with Gasteiger partial charge in [0.25, 0.3) is 0 Å². The Kier molecular flexibility index (Phi) is 5.35. The van der Waals surface area contributed by atoms with Gasteiger partial charge in [0.05, 0.1) is 17.0 Å². The molecule has 0 atom stereocenters. The van der Waals surface area contributed by atoms with Crippen molar-refractivity contribution in [3.63, 3.8) is 0 Å². The van der Waals surface area contributed by atoms with Gasteiger partial charge in [-0.05, 0) is 26.0 Å². The summed E-state index contributed by atoms with van der Waals surface area (Å²) in [6, 6.07) is 0.155. The smallest absolute Gasteiger partial charge is 0.192 e. The van der Waals surface area contributed by atoms with Crippen LogP contribution in [0.3, 0.4) is 0 Å². The van der Waals surface area contributed by atoms with Gasteiger partial charge in [-0.3, -0.25) is 9.48 Å². The van der Waals surface area contributed by atoms with E-state index in [0.717, 1.165) is 12.2 Å². The van der Waals surface area contributed by atoms with Crippen molar-refractivity contribution < 1.29 is 4.79 Å². The van der Waals surface area contributed by atoms with E-state index >= 15 is 0 Å². The second-order valence-electron chi connectivity index (χ2n) is 3.86. The molecule has 0 aliphatic rings. The zero-order valence-corrected chi connectivity index (χ0v) is 11.4. The van der Waals surface area contributed by atoms with Crippen LogP contribution >= 0.6 is 23.4 Å². The van der Waals surface area contributed by atoms with Gasteiger partial charge in [0.15, 0.2) is 5.78 Å². The third kappa shape index (κ3) is 3.25. The lowest BCUT2D eigenvalue weighted by molar-refractivity contribution is 0.101. The standard InChI is InChI=1S/C11H17ClN2OS/c1-4-5-16-7-10(15)11-9(12)6-13-14(11)8(2)3/h6,8H,4-5,7H2,1-3H3. The molecule has 0 aliphatic heterocycles. The predicted octanol–water partition coefficient (Wildman–Crippen LogP) is 3.44. The molecule has 0 saturated carbocycles. The molecule has 0 unspecified atom stereocenters. The number of thioether (sulfide) groups is 1. The van der Waals surface area contributed by atoms with Crippen molar-refractivity contribution in [2.24, 2.45) is 0 Å². The van der Waals surface area contributed by atoms with Crippen LogP contribution in [0.2, 0.25) is 5.02 Å². The summed E-state index contributed by atoms with van der Waals surface area (Å²) in [5.74, 6) is 1.54. The Morgan fingerprint density at radius 1 is 1.62 bits per heavy atom. The van der Waals surface area contributed by atoms with Crippen molar-refractivity contribution in [2.45, 2.75) is 33.2 Å². The monoisotopic (exact) mass is 260 g/mol. The molecule has 3 nitrogen and oxygen atoms in total. The minimum absolute atomic E-state index is 0.0645. The summed E-state index contributed by atoms with van der Waals surface area (Å²) in [6.45, 7) is 6.07. The molecule has 0 radical (unpaired) electrons. The van der Waals surface area contributed by atoms with E-state index in [-0.39, 0.29) is 11.8 Å². The minimum atomic E-state index is 0.0645. The number of carbonyl (C=O) groups excluding carboxylic acids is 1. The molecule has 1 aromatic heterocycles. The lowest BCUT2D eigenvalue weighted by atomic mass is 10.3. The van der Waals surface area contributed by atoms with Gasteiger partial charge in [-0.15, -0.1) is 0 Å². The first kappa shape index (κ1) is 13.6. The number of Topliss-reactive ketones (excluding diaryl/α,β-unsaturated/α-hetero) is 1. The van der Waals surface area contributed by atoms with Crippen LogP contribution in [0.1, 0.15) is 43.7 Å². The highest BCUT2D eigenvalue weighted by Gasteiger charge is 2.18. The molecule has 0 aromatic carbocycles. The Balaban J connectivity index is 2.77.